The Balaban J connectivity index is 1.27. The summed E-state index contributed by atoms with van der Waals surface area (Å²) in [6.45, 7) is 2.23. The third kappa shape index (κ3) is 4.71. The summed E-state index contributed by atoms with van der Waals surface area (Å²) < 4.78 is 27.4. The smallest absolute Gasteiger partial charge is 0.236 e. The molecule has 3 aliphatic heterocycles. The molecule has 7 rings (SSSR count). The average molecular weight is 553 g/mol. The summed E-state index contributed by atoms with van der Waals surface area (Å²) in [4.78, 5) is 29.3. The number of carbonyl (C=O) groups is 1. The number of amides is 1. The number of nitrogens with two attached hydrogens (primary N) is 1. The van der Waals surface area contributed by atoms with Gasteiger partial charge in [0.15, 0.2) is 11.5 Å². The van der Waals surface area contributed by atoms with Crippen LogP contribution >= 0.6 is 11.6 Å². The van der Waals surface area contributed by atoms with Gasteiger partial charge in [-0.05, 0) is 24.3 Å². The Morgan fingerprint density at radius 3 is 2.95 bits per heavy atom. The first-order valence-electron chi connectivity index (χ1n) is 12.4. The maximum atomic E-state index is 14.2. The largest absolute Gasteiger partial charge is 0.494 e. The topological polar surface area (TPSA) is 123 Å². The SMILES string of the molecule is COc1cc(N2CC3CN(C(=O)CN)CC2CO3)ccc1Nc1ncc(Cl)c(-c2cnc3c(F)cccn23)n1. The van der Waals surface area contributed by atoms with Crippen molar-refractivity contribution in [2.24, 2.45) is 5.73 Å². The first kappa shape index (κ1) is 25.3. The van der Waals surface area contributed by atoms with Gasteiger partial charge in [-0.25, -0.2) is 19.3 Å². The zero-order chi connectivity index (χ0) is 27.1. The lowest BCUT2D eigenvalue weighted by Crippen LogP contribution is -2.49. The monoisotopic (exact) mass is 552 g/mol. The van der Waals surface area contributed by atoms with Crippen LogP contribution in [0.5, 0.6) is 5.75 Å². The third-order valence-corrected chi connectivity index (χ3v) is 7.26. The lowest BCUT2D eigenvalue weighted by atomic mass is 10.1. The second kappa shape index (κ2) is 10.3. The van der Waals surface area contributed by atoms with Gasteiger partial charge in [0, 0.05) is 37.6 Å². The van der Waals surface area contributed by atoms with Gasteiger partial charge in [0.1, 0.15) is 11.4 Å². The molecular weight excluding hydrogens is 527 g/mol. The van der Waals surface area contributed by atoms with E-state index < -0.39 is 5.82 Å². The number of hydrogen-bond donors (Lipinski definition) is 2. The lowest BCUT2D eigenvalue weighted by Gasteiger charge is -2.38. The van der Waals surface area contributed by atoms with Gasteiger partial charge in [-0.2, -0.15) is 0 Å². The van der Waals surface area contributed by atoms with Crippen molar-refractivity contribution in [3.8, 4) is 17.1 Å². The Labute approximate surface area is 228 Å². The molecule has 0 saturated carbocycles. The molecule has 3 fully saturated rings. The Kier molecular flexibility index (Phi) is 6.67. The summed E-state index contributed by atoms with van der Waals surface area (Å²) in [5, 5.41) is 3.50. The maximum absolute atomic E-state index is 14.2. The van der Waals surface area contributed by atoms with Gasteiger partial charge in [-0.15, -0.1) is 0 Å². The standard InChI is InChI=1S/C26H26ClFN8O3/c1-38-22-7-15(36-13-17-12-34(23(37)8-29)11-16(36)14-39-17)4-5-20(22)32-26-31-9-18(27)24(33-26)21-10-30-25-19(28)3-2-6-35(21)25/h2-7,9-10,16-17H,8,11-14,29H2,1H3,(H,31,32,33). The fraction of sp³-hybridized carbons (Fsp3) is 0.308. The number of fused-ring (bicyclic) bond motifs is 5. The van der Waals surface area contributed by atoms with E-state index in [1.54, 1.807) is 28.7 Å². The maximum Gasteiger partial charge on any atom is 0.236 e. The molecule has 2 unspecified atom stereocenters. The highest BCUT2D eigenvalue weighted by atomic mass is 35.5. The van der Waals surface area contributed by atoms with Gasteiger partial charge in [0.2, 0.25) is 11.9 Å². The fourth-order valence-electron chi connectivity index (χ4n) is 5.08. The van der Waals surface area contributed by atoms with Crippen molar-refractivity contribution in [3.05, 3.63) is 59.8 Å². The number of hydrogen-bond acceptors (Lipinski definition) is 9. The molecule has 202 valence electrons. The van der Waals surface area contributed by atoms with Crippen LogP contribution in [0.4, 0.5) is 21.7 Å². The van der Waals surface area contributed by atoms with E-state index in [1.807, 2.05) is 18.2 Å². The zero-order valence-electron chi connectivity index (χ0n) is 21.1. The van der Waals surface area contributed by atoms with Crippen molar-refractivity contribution in [2.45, 2.75) is 12.1 Å². The normalized spacial score (nSPS) is 18.9. The van der Waals surface area contributed by atoms with Crippen LogP contribution in [-0.4, -0.2) is 82.2 Å². The van der Waals surface area contributed by atoms with E-state index in [0.717, 1.165) is 5.69 Å². The Hall–Kier alpha value is -4.00. The summed E-state index contributed by atoms with van der Waals surface area (Å²) in [5.74, 6) is 0.344. The molecule has 13 heteroatoms. The van der Waals surface area contributed by atoms with Crippen LogP contribution in [0, 0.1) is 5.82 Å². The van der Waals surface area contributed by atoms with Gasteiger partial charge in [0.25, 0.3) is 0 Å². The predicted molar refractivity (Wildman–Crippen MR) is 144 cm³/mol. The van der Waals surface area contributed by atoms with E-state index >= 15 is 0 Å². The van der Waals surface area contributed by atoms with E-state index in [0.29, 0.717) is 54.1 Å². The molecule has 1 aromatic carbocycles. The van der Waals surface area contributed by atoms with Crippen LogP contribution < -0.4 is 20.7 Å². The molecule has 3 aliphatic rings. The molecule has 3 N–H and O–H groups in total. The number of anilines is 3. The molecule has 0 radical (unpaired) electrons. The Morgan fingerprint density at radius 2 is 2.13 bits per heavy atom. The number of carbonyl (C=O) groups excluding carboxylic acids is 1. The van der Waals surface area contributed by atoms with Crippen molar-refractivity contribution in [1.82, 2.24) is 24.3 Å². The minimum Gasteiger partial charge on any atom is -0.494 e. The summed E-state index contributed by atoms with van der Waals surface area (Å²) in [7, 11) is 1.59. The first-order valence-corrected chi connectivity index (χ1v) is 12.8. The number of pyridine rings is 1. The van der Waals surface area contributed by atoms with Gasteiger partial charge in [-0.1, -0.05) is 11.6 Å². The molecule has 6 heterocycles. The van der Waals surface area contributed by atoms with Crippen LogP contribution in [0.15, 0.2) is 48.9 Å². The van der Waals surface area contributed by atoms with Crippen molar-refractivity contribution >= 4 is 40.5 Å². The van der Waals surface area contributed by atoms with Gasteiger partial charge in [0.05, 0.1) is 61.2 Å². The summed E-state index contributed by atoms with van der Waals surface area (Å²) >= 11 is 6.42. The highest BCUT2D eigenvalue weighted by molar-refractivity contribution is 6.32. The quantitative estimate of drug-likeness (QED) is 0.371. The second-order valence-electron chi connectivity index (χ2n) is 9.36. The molecule has 4 aromatic rings. The van der Waals surface area contributed by atoms with E-state index in [-0.39, 0.29) is 36.2 Å². The van der Waals surface area contributed by atoms with Gasteiger partial charge >= 0.3 is 0 Å². The Morgan fingerprint density at radius 1 is 1.26 bits per heavy atom. The van der Waals surface area contributed by atoms with E-state index in [2.05, 4.69) is 25.2 Å². The van der Waals surface area contributed by atoms with E-state index in [1.165, 1.54) is 18.5 Å². The van der Waals surface area contributed by atoms with Crippen molar-refractivity contribution in [1.29, 1.82) is 0 Å². The van der Waals surface area contributed by atoms with Crippen LogP contribution in [0.3, 0.4) is 0 Å². The number of aromatic nitrogens is 4. The molecule has 0 aliphatic carbocycles. The van der Waals surface area contributed by atoms with Crippen LogP contribution in [0.2, 0.25) is 5.02 Å². The van der Waals surface area contributed by atoms with Crippen molar-refractivity contribution < 1.29 is 18.7 Å². The Bertz CT molecular complexity index is 1550. The number of morpholine rings is 1. The number of halogens is 2. The van der Waals surface area contributed by atoms with E-state index in [4.69, 9.17) is 26.8 Å². The van der Waals surface area contributed by atoms with Gasteiger partial charge in [-0.3, -0.25) is 9.20 Å². The number of methoxy groups -OCH3 is 1. The molecule has 3 saturated heterocycles. The van der Waals surface area contributed by atoms with Crippen molar-refractivity contribution in [3.63, 3.8) is 0 Å². The molecule has 3 aromatic heterocycles. The predicted octanol–water partition coefficient (Wildman–Crippen LogP) is 2.71. The molecule has 2 atom stereocenters. The number of ether oxygens (including phenoxy) is 2. The number of nitrogens with one attached hydrogen (secondary N) is 1. The molecular formula is C26H26ClFN8O3. The lowest BCUT2D eigenvalue weighted by molar-refractivity contribution is -0.130. The molecule has 11 nitrogen and oxygen atoms in total. The number of nitrogens with zero attached hydrogens (tertiary/aromatic N) is 6. The van der Waals surface area contributed by atoms with E-state index in [9.17, 15) is 9.18 Å². The fourth-order valence-corrected chi connectivity index (χ4v) is 5.27. The number of benzene rings is 1. The van der Waals surface area contributed by atoms with Crippen molar-refractivity contribution in [2.75, 3.05) is 50.1 Å². The average Bonchev–Trinajstić information content (AvgIpc) is 3.17. The second-order valence-corrected chi connectivity index (χ2v) is 9.76. The highest BCUT2D eigenvalue weighted by Crippen LogP contribution is 2.35. The zero-order valence-corrected chi connectivity index (χ0v) is 21.8. The number of rotatable bonds is 6. The summed E-state index contributed by atoms with van der Waals surface area (Å²) in [6.07, 6.45) is 4.59. The van der Waals surface area contributed by atoms with Crippen LogP contribution in [0.1, 0.15) is 0 Å². The van der Waals surface area contributed by atoms with Crippen LogP contribution in [0.25, 0.3) is 17.0 Å². The third-order valence-electron chi connectivity index (χ3n) is 6.99. The molecule has 39 heavy (non-hydrogen) atoms. The minimum atomic E-state index is -0.444. The molecule has 2 bridgehead atoms. The van der Waals surface area contributed by atoms with Crippen LogP contribution in [-0.2, 0) is 9.53 Å². The first-order chi connectivity index (χ1) is 18.9. The summed E-state index contributed by atoms with van der Waals surface area (Å²) in [5.41, 5.74) is 8.30. The molecule has 1 amide bonds. The van der Waals surface area contributed by atoms with Gasteiger partial charge < -0.3 is 30.3 Å². The minimum absolute atomic E-state index is 0.000219. The molecule has 0 spiro atoms. The number of imidazole rings is 1. The summed E-state index contributed by atoms with van der Waals surface area (Å²) in [6, 6.07) is 8.73. The highest BCUT2D eigenvalue weighted by Gasteiger charge is 2.37.